The molecule has 2 nitrogen and oxygen atoms in total. The number of aliphatic hydroxyl groups excluding tert-OH is 1. The summed E-state index contributed by atoms with van der Waals surface area (Å²) in [5.41, 5.74) is 3.36. The van der Waals surface area contributed by atoms with Gasteiger partial charge in [-0.3, -0.25) is 0 Å². The van der Waals surface area contributed by atoms with Crippen LogP contribution in [0.5, 0.6) is 0 Å². The van der Waals surface area contributed by atoms with Gasteiger partial charge >= 0.3 is 0 Å². The van der Waals surface area contributed by atoms with Gasteiger partial charge in [0, 0.05) is 5.39 Å². The molecule has 1 aromatic heterocycles. The normalized spacial score (nSPS) is 12.7. The molecule has 2 heteroatoms. The topological polar surface area (TPSA) is 33.4 Å². The second kappa shape index (κ2) is 6.15. The summed E-state index contributed by atoms with van der Waals surface area (Å²) >= 11 is 0. The lowest BCUT2D eigenvalue weighted by Crippen LogP contribution is -1.96. The lowest BCUT2D eigenvalue weighted by molar-refractivity contribution is 0.140. The molecule has 0 amide bonds. The number of fused-ring (bicyclic) bond motifs is 1. The minimum absolute atomic E-state index is 0.526. The molecule has 21 heavy (non-hydrogen) atoms. The number of rotatable bonds is 5. The summed E-state index contributed by atoms with van der Waals surface area (Å²) in [5, 5.41) is 11.3. The standard InChI is InChI=1S/C19H20O2/c1-14-10-11-18-16(12-14)13-19(21-18)17(20)9-5-8-15-6-3-2-4-7-15/h2-4,6-7,10-13,17,20H,5,8-9H2,1H3. The molecule has 0 saturated carbocycles. The van der Waals surface area contributed by atoms with Crippen molar-refractivity contribution in [3.8, 4) is 0 Å². The lowest BCUT2D eigenvalue weighted by Gasteiger charge is -2.07. The van der Waals surface area contributed by atoms with Crippen molar-refractivity contribution in [3.63, 3.8) is 0 Å². The molecule has 1 heterocycles. The Morgan fingerprint density at radius 3 is 2.67 bits per heavy atom. The fourth-order valence-electron chi connectivity index (χ4n) is 2.63. The van der Waals surface area contributed by atoms with E-state index in [0.717, 1.165) is 23.8 Å². The Labute approximate surface area is 125 Å². The molecular weight excluding hydrogens is 260 g/mol. The Hall–Kier alpha value is -2.06. The molecule has 1 atom stereocenters. The molecule has 3 rings (SSSR count). The zero-order valence-electron chi connectivity index (χ0n) is 12.3. The van der Waals surface area contributed by atoms with Gasteiger partial charge < -0.3 is 9.52 Å². The largest absolute Gasteiger partial charge is 0.458 e. The van der Waals surface area contributed by atoms with Crippen molar-refractivity contribution >= 4 is 11.0 Å². The zero-order chi connectivity index (χ0) is 14.7. The van der Waals surface area contributed by atoms with Crippen LogP contribution in [-0.4, -0.2) is 5.11 Å². The molecule has 0 bridgehead atoms. The number of benzene rings is 2. The van der Waals surface area contributed by atoms with Gasteiger partial charge in [0.15, 0.2) is 0 Å². The van der Waals surface area contributed by atoms with Crippen LogP contribution in [0.1, 0.15) is 35.8 Å². The van der Waals surface area contributed by atoms with E-state index in [-0.39, 0.29) is 0 Å². The molecule has 0 aliphatic heterocycles. The lowest BCUT2D eigenvalue weighted by atomic mass is 10.0. The van der Waals surface area contributed by atoms with Crippen LogP contribution in [0.15, 0.2) is 59.0 Å². The van der Waals surface area contributed by atoms with Crippen molar-refractivity contribution in [2.45, 2.75) is 32.3 Å². The molecule has 2 aromatic carbocycles. The number of hydrogen-bond acceptors (Lipinski definition) is 2. The van der Waals surface area contributed by atoms with Crippen LogP contribution >= 0.6 is 0 Å². The molecule has 1 N–H and O–H groups in total. The maximum absolute atomic E-state index is 10.3. The Balaban J connectivity index is 1.62. The Morgan fingerprint density at radius 2 is 1.86 bits per heavy atom. The summed E-state index contributed by atoms with van der Waals surface area (Å²) in [7, 11) is 0. The highest BCUT2D eigenvalue weighted by molar-refractivity contribution is 5.78. The SMILES string of the molecule is Cc1ccc2oc(C(O)CCCc3ccccc3)cc2c1. The van der Waals surface area contributed by atoms with Gasteiger partial charge in [-0.15, -0.1) is 0 Å². The van der Waals surface area contributed by atoms with Crippen LogP contribution in [0.25, 0.3) is 11.0 Å². The van der Waals surface area contributed by atoms with E-state index in [1.54, 1.807) is 0 Å². The minimum atomic E-state index is -0.526. The number of aliphatic hydroxyl groups is 1. The van der Waals surface area contributed by atoms with Crippen LogP contribution in [0.2, 0.25) is 0 Å². The average molecular weight is 280 g/mol. The van der Waals surface area contributed by atoms with E-state index in [2.05, 4.69) is 25.1 Å². The number of hydrogen-bond donors (Lipinski definition) is 1. The number of aryl methyl sites for hydroxylation is 2. The maximum Gasteiger partial charge on any atom is 0.134 e. The molecule has 0 saturated heterocycles. The molecule has 1 unspecified atom stereocenters. The highest BCUT2D eigenvalue weighted by Crippen LogP contribution is 2.27. The van der Waals surface area contributed by atoms with Crippen molar-refractivity contribution in [2.24, 2.45) is 0 Å². The van der Waals surface area contributed by atoms with Gasteiger partial charge in [0.2, 0.25) is 0 Å². The summed E-state index contributed by atoms with van der Waals surface area (Å²) < 4.78 is 5.74. The molecular formula is C19H20O2. The third-order valence-electron chi connectivity index (χ3n) is 3.81. The second-order valence-corrected chi connectivity index (χ2v) is 5.58. The first-order chi connectivity index (χ1) is 10.2. The first-order valence-electron chi connectivity index (χ1n) is 7.44. The quantitative estimate of drug-likeness (QED) is 0.728. The van der Waals surface area contributed by atoms with Crippen molar-refractivity contribution < 1.29 is 9.52 Å². The summed E-state index contributed by atoms with van der Waals surface area (Å²) in [6.45, 7) is 2.06. The van der Waals surface area contributed by atoms with Crippen LogP contribution in [0.4, 0.5) is 0 Å². The van der Waals surface area contributed by atoms with E-state index in [4.69, 9.17) is 4.42 Å². The van der Waals surface area contributed by atoms with E-state index >= 15 is 0 Å². The highest BCUT2D eigenvalue weighted by atomic mass is 16.4. The average Bonchev–Trinajstić information content (AvgIpc) is 2.91. The van der Waals surface area contributed by atoms with Gasteiger partial charge in [0.05, 0.1) is 0 Å². The van der Waals surface area contributed by atoms with Crippen LogP contribution in [0.3, 0.4) is 0 Å². The Morgan fingerprint density at radius 1 is 1.05 bits per heavy atom. The van der Waals surface area contributed by atoms with Gasteiger partial charge in [-0.2, -0.15) is 0 Å². The van der Waals surface area contributed by atoms with E-state index in [9.17, 15) is 5.11 Å². The Bertz CT molecular complexity index is 713. The van der Waals surface area contributed by atoms with E-state index in [0.29, 0.717) is 12.2 Å². The van der Waals surface area contributed by atoms with Crippen molar-refractivity contribution in [1.29, 1.82) is 0 Å². The van der Waals surface area contributed by atoms with Gasteiger partial charge in [0.25, 0.3) is 0 Å². The first kappa shape index (κ1) is 13.9. The van der Waals surface area contributed by atoms with Crippen molar-refractivity contribution in [1.82, 2.24) is 0 Å². The first-order valence-corrected chi connectivity index (χ1v) is 7.44. The predicted molar refractivity (Wildman–Crippen MR) is 85.3 cm³/mol. The molecule has 0 spiro atoms. The van der Waals surface area contributed by atoms with Gasteiger partial charge in [-0.1, -0.05) is 42.0 Å². The monoisotopic (exact) mass is 280 g/mol. The molecule has 0 fully saturated rings. The predicted octanol–water partition coefficient (Wildman–Crippen LogP) is 4.80. The summed E-state index contributed by atoms with van der Waals surface area (Å²) in [6, 6.07) is 18.4. The summed E-state index contributed by atoms with van der Waals surface area (Å²) in [4.78, 5) is 0. The van der Waals surface area contributed by atoms with Crippen molar-refractivity contribution in [3.05, 3.63) is 71.5 Å². The van der Waals surface area contributed by atoms with Crippen LogP contribution in [-0.2, 0) is 6.42 Å². The summed E-state index contributed by atoms with van der Waals surface area (Å²) in [6.07, 6.45) is 2.12. The van der Waals surface area contributed by atoms with Gasteiger partial charge in [-0.25, -0.2) is 0 Å². The van der Waals surface area contributed by atoms with E-state index in [1.165, 1.54) is 11.1 Å². The second-order valence-electron chi connectivity index (χ2n) is 5.58. The number of furan rings is 1. The highest BCUT2D eigenvalue weighted by Gasteiger charge is 2.13. The van der Waals surface area contributed by atoms with Gasteiger partial charge in [0.1, 0.15) is 17.4 Å². The maximum atomic E-state index is 10.3. The molecule has 3 aromatic rings. The molecule has 0 radical (unpaired) electrons. The Kier molecular flexibility index (Phi) is 4.07. The van der Waals surface area contributed by atoms with Crippen LogP contribution < -0.4 is 0 Å². The fraction of sp³-hybridized carbons (Fsp3) is 0.263. The molecule has 0 aliphatic carbocycles. The third kappa shape index (κ3) is 3.34. The molecule has 0 aliphatic rings. The zero-order valence-corrected chi connectivity index (χ0v) is 12.3. The van der Waals surface area contributed by atoms with Gasteiger partial charge in [-0.05, 0) is 49.9 Å². The molecule has 108 valence electrons. The minimum Gasteiger partial charge on any atom is -0.458 e. The fourth-order valence-corrected chi connectivity index (χ4v) is 2.63. The van der Waals surface area contributed by atoms with E-state index < -0.39 is 6.10 Å². The van der Waals surface area contributed by atoms with Crippen molar-refractivity contribution in [2.75, 3.05) is 0 Å². The smallest absolute Gasteiger partial charge is 0.134 e. The third-order valence-corrected chi connectivity index (χ3v) is 3.81. The van der Waals surface area contributed by atoms with E-state index in [1.807, 2.05) is 36.4 Å². The van der Waals surface area contributed by atoms with Crippen LogP contribution in [0, 0.1) is 6.92 Å². The summed E-state index contributed by atoms with van der Waals surface area (Å²) in [5.74, 6) is 0.670.